The zero-order valence-electron chi connectivity index (χ0n) is 12.0. The second-order valence-electron chi connectivity index (χ2n) is 4.87. The third-order valence-electron chi connectivity index (χ3n) is 2.98. The standard InChI is InChI=1S/C17H21O2P/c1-13-3-7-15(8-4-13)18-17(11-12-20)19-16-9-5-14(2)6-10-16/h3-10,17H,11-12,20H2,1-2H3. The van der Waals surface area contributed by atoms with E-state index in [0.717, 1.165) is 24.1 Å². The van der Waals surface area contributed by atoms with Crippen LogP contribution in [0.25, 0.3) is 0 Å². The first-order valence-electron chi connectivity index (χ1n) is 6.84. The van der Waals surface area contributed by atoms with E-state index in [0.29, 0.717) is 0 Å². The van der Waals surface area contributed by atoms with Gasteiger partial charge in [0.2, 0.25) is 6.29 Å². The van der Waals surface area contributed by atoms with Gasteiger partial charge in [-0.2, -0.15) is 0 Å². The SMILES string of the molecule is Cc1ccc(OC(CCP)Oc2ccc(C)cc2)cc1. The summed E-state index contributed by atoms with van der Waals surface area (Å²) in [5.41, 5.74) is 2.44. The predicted octanol–water partition coefficient (Wildman–Crippen LogP) is 4.35. The van der Waals surface area contributed by atoms with Gasteiger partial charge in [-0.1, -0.05) is 35.4 Å². The van der Waals surface area contributed by atoms with Gasteiger partial charge in [0.15, 0.2) is 0 Å². The van der Waals surface area contributed by atoms with Gasteiger partial charge in [-0.25, -0.2) is 0 Å². The van der Waals surface area contributed by atoms with Crippen LogP contribution in [0.15, 0.2) is 48.5 Å². The van der Waals surface area contributed by atoms with Crippen LogP contribution in [0.4, 0.5) is 0 Å². The number of rotatable bonds is 6. The van der Waals surface area contributed by atoms with Crippen LogP contribution in [0.5, 0.6) is 11.5 Å². The molecule has 2 rings (SSSR count). The van der Waals surface area contributed by atoms with E-state index in [1.54, 1.807) is 0 Å². The van der Waals surface area contributed by atoms with Gasteiger partial charge >= 0.3 is 0 Å². The minimum Gasteiger partial charge on any atom is -0.455 e. The molecular formula is C17H21O2P. The molecule has 1 atom stereocenters. The lowest BCUT2D eigenvalue weighted by Crippen LogP contribution is -2.24. The lowest BCUT2D eigenvalue weighted by atomic mass is 10.2. The fraction of sp³-hybridized carbons (Fsp3) is 0.294. The van der Waals surface area contributed by atoms with E-state index >= 15 is 0 Å². The van der Waals surface area contributed by atoms with Gasteiger partial charge in [0.05, 0.1) is 0 Å². The third kappa shape index (κ3) is 4.54. The molecule has 0 radical (unpaired) electrons. The second kappa shape index (κ2) is 7.31. The van der Waals surface area contributed by atoms with Gasteiger partial charge in [0.25, 0.3) is 0 Å². The van der Waals surface area contributed by atoms with E-state index in [-0.39, 0.29) is 6.29 Å². The van der Waals surface area contributed by atoms with Crippen LogP contribution in [0.1, 0.15) is 17.5 Å². The minimum absolute atomic E-state index is 0.266. The molecule has 0 N–H and O–H groups in total. The zero-order valence-corrected chi connectivity index (χ0v) is 13.2. The van der Waals surface area contributed by atoms with Crippen LogP contribution in [0.2, 0.25) is 0 Å². The number of benzene rings is 2. The Balaban J connectivity index is 2.02. The molecule has 2 nitrogen and oxygen atoms in total. The zero-order chi connectivity index (χ0) is 14.4. The third-order valence-corrected chi connectivity index (χ3v) is 3.31. The first-order chi connectivity index (χ1) is 9.67. The highest BCUT2D eigenvalue weighted by atomic mass is 31.0. The van der Waals surface area contributed by atoms with Gasteiger partial charge in [-0.15, -0.1) is 9.24 Å². The van der Waals surface area contributed by atoms with Gasteiger partial charge < -0.3 is 9.47 Å². The lowest BCUT2D eigenvalue weighted by Gasteiger charge is -2.20. The Morgan fingerprint density at radius 2 is 1.20 bits per heavy atom. The van der Waals surface area contributed by atoms with Crippen LogP contribution in [-0.2, 0) is 0 Å². The Bertz CT molecular complexity index is 472. The predicted molar refractivity (Wildman–Crippen MR) is 86.6 cm³/mol. The maximum absolute atomic E-state index is 5.91. The van der Waals surface area contributed by atoms with E-state index in [1.165, 1.54) is 11.1 Å². The number of hydrogen-bond acceptors (Lipinski definition) is 2. The molecule has 0 aliphatic rings. The van der Waals surface area contributed by atoms with Crippen molar-refractivity contribution in [3.05, 3.63) is 59.7 Å². The fourth-order valence-electron chi connectivity index (χ4n) is 1.82. The number of ether oxygens (including phenoxy) is 2. The summed E-state index contributed by atoms with van der Waals surface area (Å²) in [7, 11) is 2.71. The average molecular weight is 288 g/mol. The van der Waals surface area contributed by atoms with Crippen molar-refractivity contribution >= 4 is 9.24 Å². The minimum atomic E-state index is -0.266. The molecule has 0 saturated heterocycles. The summed E-state index contributed by atoms with van der Waals surface area (Å²) in [5, 5.41) is 0. The molecule has 0 bridgehead atoms. The lowest BCUT2D eigenvalue weighted by molar-refractivity contribution is 0.00420. The summed E-state index contributed by atoms with van der Waals surface area (Å²) in [6.07, 6.45) is 1.49. The summed E-state index contributed by atoms with van der Waals surface area (Å²) >= 11 is 0. The molecular weight excluding hydrogens is 267 g/mol. The highest BCUT2D eigenvalue weighted by molar-refractivity contribution is 7.16. The second-order valence-corrected chi connectivity index (χ2v) is 5.45. The molecule has 0 amide bonds. The Labute approximate surface area is 123 Å². The van der Waals surface area contributed by atoms with Crippen LogP contribution >= 0.6 is 9.24 Å². The van der Waals surface area contributed by atoms with Crippen molar-refractivity contribution in [1.82, 2.24) is 0 Å². The first-order valence-corrected chi connectivity index (χ1v) is 7.66. The van der Waals surface area contributed by atoms with Gasteiger partial charge in [-0.05, 0) is 44.3 Å². The molecule has 0 heterocycles. The Hall–Kier alpha value is -1.53. The molecule has 2 aromatic rings. The first kappa shape index (κ1) is 14.9. The molecule has 0 aliphatic carbocycles. The van der Waals surface area contributed by atoms with Crippen molar-refractivity contribution in [2.24, 2.45) is 0 Å². The molecule has 106 valence electrons. The fourth-order valence-corrected chi connectivity index (χ4v) is 2.09. The van der Waals surface area contributed by atoms with Crippen molar-refractivity contribution in [1.29, 1.82) is 0 Å². The van der Waals surface area contributed by atoms with Crippen molar-refractivity contribution in [3.63, 3.8) is 0 Å². The molecule has 3 heteroatoms. The molecule has 1 unspecified atom stereocenters. The highest BCUT2D eigenvalue weighted by Gasteiger charge is 2.11. The van der Waals surface area contributed by atoms with Crippen molar-refractivity contribution in [2.45, 2.75) is 26.6 Å². The topological polar surface area (TPSA) is 18.5 Å². The Kier molecular flexibility index (Phi) is 5.43. The summed E-state index contributed by atoms with van der Waals surface area (Å²) < 4.78 is 11.8. The van der Waals surface area contributed by atoms with Gasteiger partial charge in [0, 0.05) is 6.42 Å². The van der Waals surface area contributed by atoms with Crippen molar-refractivity contribution in [3.8, 4) is 11.5 Å². The smallest absolute Gasteiger partial charge is 0.241 e. The van der Waals surface area contributed by atoms with E-state index in [2.05, 4.69) is 23.1 Å². The van der Waals surface area contributed by atoms with E-state index in [4.69, 9.17) is 9.47 Å². The van der Waals surface area contributed by atoms with Crippen molar-refractivity contribution in [2.75, 3.05) is 6.16 Å². The molecule has 0 aromatic heterocycles. The quantitative estimate of drug-likeness (QED) is 0.581. The summed E-state index contributed by atoms with van der Waals surface area (Å²) in [4.78, 5) is 0. The Morgan fingerprint density at radius 3 is 1.55 bits per heavy atom. The summed E-state index contributed by atoms with van der Waals surface area (Å²) in [6.45, 7) is 4.12. The van der Waals surface area contributed by atoms with Crippen LogP contribution in [-0.4, -0.2) is 12.5 Å². The van der Waals surface area contributed by atoms with Crippen molar-refractivity contribution < 1.29 is 9.47 Å². The van der Waals surface area contributed by atoms with E-state index in [9.17, 15) is 0 Å². The molecule has 20 heavy (non-hydrogen) atoms. The normalized spacial score (nSPS) is 10.6. The molecule has 0 saturated carbocycles. The molecule has 0 aliphatic heterocycles. The molecule has 0 fully saturated rings. The van der Waals surface area contributed by atoms with Gasteiger partial charge in [0.1, 0.15) is 11.5 Å². The molecule has 2 aromatic carbocycles. The van der Waals surface area contributed by atoms with Crippen LogP contribution in [0.3, 0.4) is 0 Å². The average Bonchev–Trinajstić information content (AvgIpc) is 2.44. The van der Waals surface area contributed by atoms with Crippen LogP contribution < -0.4 is 9.47 Å². The highest BCUT2D eigenvalue weighted by Crippen LogP contribution is 2.19. The number of aryl methyl sites for hydroxylation is 2. The maximum atomic E-state index is 5.91. The Morgan fingerprint density at radius 1 is 0.800 bits per heavy atom. The number of hydrogen-bond donors (Lipinski definition) is 0. The largest absolute Gasteiger partial charge is 0.455 e. The molecule has 0 spiro atoms. The van der Waals surface area contributed by atoms with E-state index < -0.39 is 0 Å². The summed E-state index contributed by atoms with van der Waals surface area (Å²) in [5.74, 6) is 1.68. The summed E-state index contributed by atoms with van der Waals surface area (Å²) in [6, 6.07) is 16.1. The monoisotopic (exact) mass is 288 g/mol. The van der Waals surface area contributed by atoms with E-state index in [1.807, 2.05) is 48.5 Å². The van der Waals surface area contributed by atoms with Gasteiger partial charge in [-0.3, -0.25) is 0 Å². The van der Waals surface area contributed by atoms with Crippen LogP contribution in [0, 0.1) is 13.8 Å². The maximum Gasteiger partial charge on any atom is 0.241 e.